The van der Waals surface area contributed by atoms with Gasteiger partial charge in [-0.25, -0.2) is 13.8 Å². The molecule has 2 aromatic carbocycles. The number of nitrogens with two attached hydrogens (primary N) is 1. The number of halogens is 5. The van der Waals surface area contributed by atoms with Crippen LogP contribution >= 0.6 is 11.3 Å². The number of thiazole rings is 1. The normalized spacial score (nSPS) is 22.3. The fourth-order valence-corrected chi connectivity index (χ4v) is 8.14. The van der Waals surface area contributed by atoms with Crippen molar-refractivity contribution in [2.45, 2.75) is 44.8 Å². The van der Waals surface area contributed by atoms with E-state index in [9.17, 15) is 17.6 Å². The molecule has 0 radical (unpaired) electrons. The Balaban J connectivity index is 1.42. The molecule has 1 unspecified atom stereocenters. The molecule has 3 fully saturated rings. The Morgan fingerprint density at radius 3 is 2.59 bits per heavy atom. The van der Waals surface area contributed by atoms with Crippen LogP contribution in [0.25, 0.3) is 32.2 Å². The summed E-state index contributed by atoms with van der Waals surface area (Å²) in [5, 5.41) is 3.10. The van der Waals surface area contributed by atoms with E-state index in [2.05, 4.69) is 39.0 Å². The number of ether oxygens (including phenoxy) is 1. The first-order valence-electron chi connectivity index (χ1n) is 14.7. The number of nitrogen functional groups attached to an aromatic ring is 1. The SMILES string of the molecule is CC1(C)CN2CCCC2(COc2nc(N3CCNCC3)c3cc(C(F)(F)F)c(-c4ccc(F)c5sc(N)nc45)c(F)c3n2)C1. The van der Waals surface area contributed by atoms with E-state index >= 15 is 4.39 Å². The van der Waals surface area contributed by atoms with Crippen molar-refractivity contribution in [1.29, 1.82) is 0 Å². The van der Waals surface area contributed by atoms with Gasteiger partial charge in [-0.15, -0.1) is 0 Å². The number of alkyl halides is 3. The molecule has 5 heterocycles. The number of anilines is 2. The molecule has 0 saturated carbocycles. The number of fused-ring (bicyclic) bond motifs is 3. The van der Waals surface area contributed by atoms with E-state index in [0.29, 0.717) is 26.2 Å². The Bertz CT molecular complexity index is 1770. The monoisotopic (exact) mass is 633 g/mol. The van der Waals surface area contributed by atoms with E-state index in [0.717, 1.165) is 61.9 Å². The number of nitrogens with zero attached hydrogens (tertiary/aromatic N) is 5. The fourth-order valence-electron chi connectivity index (χ4n) is 7.37. The van der Waals surface area contributed by atoms with Crippen LogP contribution in [0.2, 0.25) is 0 Å². The molecule has 3 N–H and O–H groups in total. The van der Waals surface area contributed by atoms with Crippen molar-refractivity contribution in [3.05, 3.63) is 35.4 Å². The Kier molecular flexibility index (Phi) is 6.90. The summed E-state index contributed by atoms with van der Waals surface area (Å²) in [6, 6.07) is 2.89. The minimum absolute atomic E-state index is 0.0458. The van der Waals surface area contributed by atoms with Gasteiger partial charge in [0.25, 0.3) is 0 Å². The predicted octanol–water partition coefficient (Wildman–Crippen LogP) is 5.84. The van der Waals surface area contributed by atoms with E-state index in [1.807, 2.05) is 4.90 Å². The second-order valence-corrected chi connectivity index (χ2v) is 13.8. The second kappa shape index (κ2) is 10.3. The average molecular weight is 634 g/mol. The fraction of sp³-hybridized carbons (Fsp3) is 0.500. The van der Waals surface area contributed by atoms with Crippen LogP contribution in [0.1, 0.15) is 38.7 Å². The third-order valence-corrected chi connectivity index (χ3v) is 9.92. The Morgan fingerprint density at radius 1 is 1.07 bits per heavy atom. The molecular weight excluding hydrogens is 601 g/mol. The van der Waals surface area contributed by atoms with Gasteiger partial charge in [-0.3, -0.25) is 4.90 Å². The smallest absolute Gasteiger partial charge is 0.417 e. The van der Waals surface area contributed by atoms with E-state index in [1.54, 1.807) is 0 Å². The molecule has 3 aliphatic heterocycles. The average Bonchev–Trinajstić information content (AvgIpc) is 3.62. The summed E-state index contributed by atoms with van der Waals surface area (Å²) in [4.78, 5) is 17.3. The summed E-state index contributed by atoms with van der Waals surface area (Å²) in [5.41, 5.74) is 3.02. The molecule has 0 aliphatic carbocycles. The van der Waals surface area contributed by atoms with Gasteiger partial charge in [0.15, 0.2) is 10.9 Å². The molecule has 7 rings (SSSR count). The maximum absolute atomic E-state index is 16.7. The van der Waals surface area contributed by atoms with E-state index < -0.39 is 28.9 Å². The number of rotatable bonds is 5. The lowest BCUT2D eigenvalue weighted by Gasteiger charge is -2.32. The third-order valence-electron chi connectivity index (χ3n) is 9.03. The zero-order valence-corrected chi connectivity index (χ0v) is 25.1. The van der Waals surface area contributed by atoms with E-state index in [4.69, 9.17) is 10.5 Å². The molecule has 14 heteroatoms. The minimum Gasteiger partial charge on any atom is -0.461 e. The van der Waals surface area contributed by atoms with E-state index in [1.165, 1.54) is 0 Å². The minimum atomic E-state index is -4.96. The van der Waals surface area contributed by atoms with Crippen LogP contribution in [0.3, 0.4) is 0 Å². The highest BCUT2D eigenvalue weighted by molar-refractivity contribution is 7.22. The van der Waals surface area contributed by atoms with Crippen LogP contribution in [0.4, 0.5) is 32.9 Å². The van der Waals surface area contributed by atoms with Gasteiger partial charge in [-0.2, -0.15) is 23.1 Å². The standard InChI is InChI=1S/C30H32F5N7OS/c1-28(2)13-29(6-3-9-42(29)14-28)15-43-27-39-22-17(25(40-27)41-10-7-37-8-11-41)12-18(30(33,34)35)20(21(22)32)16-4-5-19(31)24-23(16)38-26(36)44-24/h4-5,12,37H,3,6-11,13-15H2,1-2H3,(H2,36,38). The number of hydrogen-bond acceptors (Lipinski definition) is 9. The van der Waals surface area contributed by atoms with Crippen LogP contribution < -0.4 is 20.7 Å². The highest BCUT2D eigenvalue weighted by atomic mass is 32.1. The van der Waals surface area contributed by atoms with Crippen LogP contribution in [0.15, 0.2) is 18.2 Å². The van der Waals surface area contributed by atoms with Crippen LogP contribution in [-0.2, 0) is 6.18 Å². The Morgan fingerprint density at radius 2 is 1.84 bits per heavy atom. The molecule has 0 amide bonds. The lowest BCUT2D eigenvalue weighted by Crippen LogP contribution is -2.44. The van der Waals surface area contributed by atoms with Crippen LogP contribution in [-0.4, -0.2) is 71.3 Å². The van der Waals surface area contributed by atoms with Crippen molar-refractivity contribution in [3.63, 3.8) is 0 Å². The number of piperazine rings is 1. The first kappa shape index (κ1) is 29.4. The molecule has 0 spiro atoms. The second-order valence-electron chi connectivity index (χ2n) is 12.8. The van der Waals surface area contributed by atoms with Gasteiger partial charge in [-0.05, 0) is 49.4 Å². The molecule has 3 saturated heterocycles. The maximum Gasteiger partial charge on any atom is 0.417 e. The van der Waals surface area contributed by atoms with Gasteiger partial charge in [0.2, 0.25) is 0 Å². The number of benzene rings is 2. The first-order chi connectivity index (χ1) is 20.9. The summed E-state index contributed by atoms with van der Waals surface area (Å²) in [7, 11) is 0. The third kappa shape index (κ3) is 4.91. The summed E-state index contributed by atoms with van der Waals surface area (Å²) in [6.07, 6.45) is -2.05. The molecule has 234 valence electrons. The Labute approximate surface area is 254 Å². The molecule has 2 aromatic heterocycles. The lowest BCUT2D eigenvalue weighted by molar-refractivity contribution is -0.137. The van der Waals surface area contributed by atoms with Crippen LogP contribution in [0, 0.1) is 17.0 Å². The number of nitrogens with one attached hydrogen (secondary N) is 1. The first-order valence-corrected chi connectivity index (χ1v) is 15.5. The quantitative estimate of drug-likeness (QED) is 0.265. The highest BCUT2D eigenvalue weighted by Crippen LogP contribution is 2.48. The molecule has 3 aliphatic rings. The van der Waals surface area contributed by atoms with Crippen molar-refractivity contribution < 1.29 is 26.7 Å². The summed E-state index contributed by atoms with van der Waals surface area (Å²) in [5.74, 6) is -1.74. The van der Waals surface area contributed by atoms with Gasteiger partial charge in [0.1, 0.15) is 23.8 Å². The van der Waals surface area contributed by atoms with Gasteiger partial charge >= 0.3 is 12.2 Å². The van der Waals surface area contributed by atoms with Crippen molar-refractivity contribution in [2.24, 2.45) is 5.41 Å². The number of aromatic nitrogens is 3. The van der Waals surface area contributed by atoms with E-state index in [-0.39, 0.29) is 61.2 Å². The van der Waals surface area contributed by atoms with Crippen LogP contribution in [0.5, 0.6) is 6.01 Å². The molecule has 44 heavy (non-hydrogen) atoms. The number of hydrogen-bond donors (Lipinski definition) is 2. The van der Waals surface area contributed by atoms with Crippen molar-refractivity contribution in [2.75, 3.05) is 56.5 Å². The molecule has 4 aromatic rings. The van der Waals surface area contributed by atoms with Gasteiger partial charge < -0.3 is 20.7 Å². The van der Waals surface area contributed by atoms with Crippen molar-refractivity contribution in [1.82, 2.24) is 25.2 Å². The highest BCUT2D eigenvalue weighted by Gasteiger charge is 2.52. The van der Waals surface area contributed by atoms with Crippen molar-refractivity contribution >= 4 is 43.4 Å². The maximum atomic E-state index is 16.7. The van der Waals surface area contributed by atoms with Gasteiger partial charge in [-0.1, -0.05) is 25.2 Å². The van der Waals surface area contributed by atoms with Gasteiger partial charge in [0, 0.05) is 49.2 Å². The summed E-state index contributed by atoms with van der Waals surface area (Å²) >= 11 is 0.785. The zero-order chi connectivity index (χ0) is 31.0. The lowest BCUT2D eigenvalue weighted by atomic mass is 9.83. The molecular formula is C30H32F5N7OS. The predicted molar refractivity (Wildman–Crippen MR) is 160 cm³/mol. The molecule has 1 atom stereocenters. The topological polar surface area (TPSA) is 92.4 Å². The van der Waals surface area contributed by atoms with Crippen molar-refractivity contribution in [3.8, 4) is 17.1 Å². The molecule has 8 nitrogen and oxygen atoms in total. The zero-order valence-electron chi connectivity index (χ0n) is 24.3. The largest absolute Gasteiger partial charge is 0.461 e. The summed E-state index contributed by atoms with van der Waals surface area (Å²) < 4.78 is 81.6. The summed E-state index contributed by atoms with van der Waals surface area (Å²) in [6.45, 7) is 8.71. The van der Waals surface area contributed by atoms with Gasteiger partial charge in [0.05, 0.1) is 21.3 Å². The molecule has 0 bridgehead atoms. The Hall–Kier alpha value is -3.36.